The highest BCUT2D eigenvalue weighted by molar-refractivity contribution is 7.92. The van der Waals surface area contributed by atoms with Crippen LogP contribution in [0.2, 0.25) is 5.02 Å². The number of carbonyl (C=O) groups is 1. The minimum atomic E-state index is -3.75. The summed E-state index contributed by atoms with van der Waals surface area (Å²) in [5.74, 6) is -0.896. The number of hydrogen-bond donors (Lipinski definition) is 1. The number of methoxy groups -OCH3 is 1. The van der Waals surface area contributed by atoms with Crippen LogP contribution in [0.4, 0.5) is 5.69 Å². The van der Waals surface area contributed by atoms with E-state index in [9.17, 15) is 13.2 Å². The van der Waals surface area contributed by atoms with Gasteiger partial charge in [0.2, 0.25) is 10.0 Å². The molecular formula is C10H12ClNO5S. The number of benzene rings is 1. The first-order chi connectivity index (χ1) is 8.25. The number of carboxylic acid groups (broad SMARTS) is 1. The van der Waals surface area contributed by atoms with Gasteiger partial charge in [-0.15, -0.1) is 0 Å². The predicted molar refractivity (Wildman–Crippen MR) is 67.8 cm³/mol. The van der Waals surface area contributed by atoms with Crippen molar-refractivity contribution in [1.29, 1.82) is 0 Å². The standard InChI is InChI=1S/C10H12ClNO5S/c1-17-7-3-4-8(11)9(5-7)12(6-10(13)14)18(2,15)16/h3-5H,6H2,1-2H3,(H,13,14). The molecule has 6 nitrogen and oxygen atoms in total. The van der Waals surface area contributed by atoms with Gasteiger partial charge in [-0.05, 0) is 12.1 Å². The third-order valence-corrected chi connectivity index (χ3v) is 3.55. The minimum Gasteiger partial charge on any atom is -0.497 e. The van der Waals surface area contributed by atoms with Gasteiger partial charge in [0.15, 0.2) is 0 Å². The number of sulfonamides is 1. The Hall–Kier alpha value is -1.47. The highest BCUT2D eigenvalue weighted by Crippen LogP contribution is 2.31. The van der Waals surface area contributed by atoms with Gasteiger partial charge in [0, 0.05) is 6.07 Å². The van der Waals surface area contributed by atoms with Gasteiger partial charge < -0.3 is 9.84 Å². The van der Waals surface area contributed by atoms with E-state index in [1.54, 1.807) is 6.07 Å². The zero-order valence-electron chi connectivity index (χ0n) is 9.75. The van der Waals surface area contributed by atoms with Crippen LogP contribution in [0.15, 0.2) is 18.2 Å². The van der Waals surface area contributed by atoms with Crippen LogP contribution in [-0.4, -0.2) is 39.4 Å². The summed E-state index contributed by atoms with van der Waals surface area (Å²) < 4.78 is 28.8. The van der Waals surface area contributed by atoms with E-state index in [1.807, 2.05) is 0 Å². The molecule has 1 rings (SSSR count). The fourth-order valence-corrected chi connectivity index (χ4v) is 2.44. The summed E-state index contributed by atoms with van der Waals surface area (Å²) in [6.07, 6.45) is 0.908. The second-order valence-electron chi connectivity index (χ2n) is 3.48. The highest BCUT2D eigenvalue weighted by atomic mass is 35.5. The Balaban J connectivity index is 3.33. The van der Waals surface area contributed by atoms with Crippen LogP contribution in [0.25, 0.3) is 0 Å². The first-order valence-electron chi connectivity index (χ1n) is 4.78. The monoisotopic (exact) mass is 293 g/mol. The quantitative estimate of drug-likeness (QED) is 0.882. The number of halogens is 1. The van der Waals surface area contributed by atoms with Gasteiger partial charge in [0.1, 0.15) is 12.3 Å². The molecule has 0 aromatic heterocycles. The summed E-state index contributed by atoms with van der Waals surface area (Å²) in [5, 5.41) is 8.87. The molecule has 0 amide bonds. The van der Waals surface area contributed by atoms with E-state index in [1.165, 1.54) is 19.2 Å². The van der Waals surface area contributed by atoms with Crippen molar-refractivity contribution in [2.45, 2.75) is 0 Å². The second kappa shape index (κ2) is 5.45. The fourth-order valence-electron chi connectivity index (χ4n) is 1.31. The van der Waals surface area contributed by atoms with Crippen LogP contribution >= 0.6 is 11.6 Å². The molecule has 0 atom stereocenters. The molecule has 0 aliphatic heterocycles. The molecule has 0 radical (unpaired) electrons. The molecule has 0 heterocycles. The molecular weight excluding hydrogens is 282 g/mol. The van der Waals surface area contributed by atoms with Crippen molar-refractivity contribution >= 4 is 33.3 Å². The number of hydrogen-bond acceptors (Lipinski definition) is 4. The maximum atomic E-state index is 11.6. The molecule has 1 aromatic carbocycles. The zero-order chi connectivity index (χ0) is 13.9. The van der Waals surface area contributed by atoms with Gasteiger partial charge in [0.05, 0.1) is 24.1 Å². The summed E-state index contributed by atoms with van der Waals surface area (Å²) in [4.78, 5) is 10.7. The Morgan fingerprint density at radius 1 is 1.50 bits per heavy atom. The van der Waals surface area contributed by atoms with E-state index in [4.69, 9.17) is 21.4 Å². The van der Waals surface area contributed by atoms with E-state index in [0.29, 0.717) is 10.1 Å². The van der Waals surface area contributed by atoms with Crippen LogP contribution in [-0.2, 0) is 14.8 Å². The van der Waals surface area contributed by atoms with Crippen molar-refractivity contribution in [2.75, 3.05) is 24.2 Å². The minimum absolute atomic E-state index is 0.0703. The molecule has 0 saturated heterocycles. The number of nitrogens with zero attached hydrogens (tertiary/aromatic N) is 1. The lowest BCUT2D eigenvalue weighted by Gasteiger charge is -2.21. The van der Waals surface area contributed by atoms with Crippen molar-refractivity contribution in [3.63, 3.8) is 0 Å². The first-order valence-corrected chi connectivity index (χ1v) is 7.01. The Morgan fingerprint density at radius 2 is 2.11 bits per heavy atom. The molecule has 0 unspecified atom stereocenters. The van der Waals surface area contributed by atoms with Crippen LogP contribution in [0, 0.1) is 0 Å². The topological polar surface area (TPSA) is 83.9 Å². The maximum Gasteiger partial charge on any atom is 0.324 e. The molecule has 100 valence electrons. The van der Waals surface area contributed by atoms with Crippen molar-refractivity contribution < 1.29 is 23.1 Å². The van der Waals surface area contributed by atoms with Crippen molar-refractivity contribution in [3.8, 4) is 5.75 Å². The van der Waals surface area contributed by atoms with Gasteiger partial charge in [-0.3, -0.25) is 9.10 Å². The van der Waals surface area contributed by atoms with Crippen LogP contribution in [0.1, 0.15) is 0 Å². The largest absolute Gasteiger partial charge is 0.497 e. The van der Waals surface area contributed by atoms with E-state index in [-0.39, 0.29) is 10.7 Å². The normalized spacial score (nSPS) is 11.1. The van der Waals surface area contributed by atoms with Gasteiger partial charge in [-0.2, -0.15) is 0 Å². The van der Waals surface area contributed by atoms with Crippen LogP contribution < -0.4 is 9.04 Å². The average molecular weight is 294 g/mol. The molecule has 0 saturated carbocycles. The van der Waals surface area contributed by atoms with Crippen molar-refractivity contribution in [3.05, 3.63) is 23.2 Å². The molecule has 0 aliphatic rings. The third-order valence-electron chi connectivity index (χ3n) is 2.10. The lowest BCUT2D eigenvalue weighted by molar-refractivity contribution is -0.135. The molecule has 18 heavy (non-hydrogen) atoms. The smallest absolute Gasteiger partial charge is 0.324 e. The molecule has 1 N–H and O–H groups in total. The summed E-state index contributed by atoms with van der Waals surface area (Å²) >= 11 is 5.88. The Labute approximate surface area is 110 Å². The summed E-state index contributed by atoms with van der Waals surface area (Å²) in [6.45, 7) is -0.703. The molecule has 0 spiro atoms. The van der Waals surface area contributed by atoms with Gasteiger partial charge >= 0.3 is 5.97 Å². The fraction of sp³-hybridized carbons (Fsp3) is 0.300. The Morgan fingerprint density at radius 3 is 2.56 bits per heavy atom. The van der Waals surface area contributed by atoms with E-state index in [0.717, 1.165) is 6.26 Å². The van der Waals surface area contributed by atoms with Gasteiger partial charge in [-0.25, -0.2) is 8.42 Å². The molecule has 0 fully saturated rings. The van der Waals surface area contributed by atoms with E-state index < -0.39 is 22.5 Å². The number of ether oxygens (including phenoxy) is 1. The Bertz CT molecular complexity index is 557. The summed E-state index contributed by atoms with van der Waals surface area (Å²) in [5.41, 5.74) is 0.0703. The van der Waals surface area contributed by atoms with E-state index >= 15 is 0 Å². The number of aliphatic carboxylic acids is 1. The molecule has 1 aromatic rings. The number of anilines is 1. The summed E-state index contributed by atoms with van der Waals surface area (Å²) in [6, 6.07) is 4.36. The number of rotatable bonds is 5. The van der Waals surface area contributed by atoms with Crippen molar-refractivity contribution in [1.82, 2.24) is 0 Å². The maximum absolute atomic E-state index is 11.6. The highest BCUT2D eigenvalue weighted by Gasteiger charge is 2.23. The first kappa shape index (κ1) is 14.6. The lowest BCUT2D eigenvalue weighted by atomic mass is 10.3. The second-order valence-corrected chi connectivity index (χ2v) is 5.79. The number of carboxylic acids is 1. The molecule has 0 bridgehead atoms. The van der Waals surface area contributed by atoms with Crippen LogP contribution in [0.3, 0.4) is 0 Å². The predicted octanol–water partition coefficient (Wildman–Crippen LogP) is 1.20. The molecule has 8 heteroatoms. The average Bonchev–Trinajstić information content (AvgIpc) is 2.25. The zero-order valence-corrected chi connectivity index (χ0v) is 11.3. The van der Waals surface area contributed by atoms with E-state index in [2.05, 4.69) is 0 Å². The Kier molecular flexibility index (Phi) is 4.42. The third kappa shape index (κ3) is 3.51. The lowest BCUT2D eigenvalue weighted by Crippen LogP contribution is -2.35. The SMILES string of the molecule is COc1ccc(Cl)c(N(CC(=O)O)S(C)(=O)=O)c1. The summed E-state index contributed by atoms with van der Waals surface area (Å²) in [7, 11) is -2.34. The van der Waals surface area contributed by atoms with Gasteiger partial charge in [-0.1, -0.05) is 11.6 Å². The van der Waals surface area contributed by atoms with Crippen molar-refractivity contribution in [2.24, 2.45) is 0 Å². The van der Waals surface area contributed by atoms with Gasteiger partial charge in [0.25, 0.3) is 0 Å². The van der Waals surface area contributed by atoms with Crippen LogP contribution in [0.5, 0.6) is 5.75 Å². The molecule has 0 aliphatic carbocycles.